The van der Waals surface area contributed by atoms with Crippen LogP contribution in [0.3, 0.4) is 0 Å². The smallest absolute Gasteiger partial charge is 0.408 e. The molecule has 2 saturated carbocycles. The van der Waals surface area contributed by atoms with Gasteiger partial charge < -0.3 is 35.2 Å². The van der Waals surface area contributed by atoms with Crippen LogP contribution in [0.5, 0.6) is 0 Å². The highest BCUT2D eigenvalue weighted by Crippen LogP contribution is 2.39. The quantitative estimate of drug-likeness (QED) is 0.271. The standard InChI is InChI=1S/C13H23N3O4.C12H21NO.C4H8.2CH2O/c1-13(2,3)20-12(19)15-8-10(17)16-7-5-6-9(16)11(18)14-4;1-3-4-5-6-7-8-10-9-11(10)12(14)13-2;1-4-2-3-4;2*1-2/h9H,5-8H2,1-4H3,(H,14,18)(H,15,19);7-8,10-11H,3-6,9H2,1-2H3,(H,13,14);4H,2-3H2,1H3;2*1H2/b;8-7-;;;/t9-;10-,11+;;;/m01.../s1. The number of hydrogen-bond acceptors (Lipinski definition) is 7. The van der Waals surface area contributed by atoms with Crippen molar-refractivity contribution in [1.29, 1.82) is 0 Å². The Morgan fingerprint density at radius 3 is 2.00 bits per heavy atom. The monoisotopic (exact) mass is 596 g/mol. The van der Waals surface area contributed by atoms with Gasteiger partial charge in [-0.15, -0.1) is 0 Å². The molecule has 3 rings (SSSR count). The highest BCUT2D eigenvalue weighted by molar-refractivity contribution is 5.89. The number of nitrogens with zero attached hydrogens (tertiary/aromatic N) is 1. The number of likely N-dealkylation sites (N-methyl/N-ethyl adjacent to an activating group) is 1. The van der Waals surface area contributed by atoms with Crippen molar-refractivity contribution in [2.24, 2.45) is 17.8 Å². The highest BCUT2D eigenvalue weighted by Gasteiger charge is 2.40. The Morgan fingerprint density at radius 2 is 1.52 bits per heavy atom. The van der Waals surface area contributed by atoms with Gasteiger partial charge in [0.05, 0.1) is 0 Å². The van der Waals surface area contributed by atoms with Gasteiger partial charge in [-0.1, -0.05) is 51.7 Å². The van der Waals surface area contributed by atoms with E-state index in [1.165, 1.54) is 43.4 Å². The molecule has 0 aromatic rings. The first-order valence-corrected chi connectivity index (χ1v) is 14.9. The molecular weight excluding hydrogens is 540 g/mol. The van der Waals surface area contributed by atoms with Gasteiger partial charge in [0.1, 0.15) is 31.8 Å². The van der Waals surface area contributed by atoms with Crippen molar-refractivity contribution in [3.8, 4) is 0 Å². The van der Waals surface area contributed by atoms with Crippen molar-refractivity contribution < 1.29 is 33.5 Å². The van der Waals surface area contributed by atoms with Crippen LogP contribution in [0.25, 0.3) is 0 Å². The summed E-state index contributed by atoms with van der Waals surface area (Å²) in [7, 11) is 3.25. The van der Waals surface area contributed by atoms with Crippen LogP contribution in [-0.2, 0) is 28.7 Å². The number of likely N-dealkylation sites (tertiary alicyclic amines) is 1. The third-order valence-corrected chi connectivity index (χ3v) is 6.55. The minimum absolute atomic E-state index is 0.164. The number of allylic oxidation sites excluding steroid dienone is 2. The molecule has 0 unspecified atom stereocenters. The first-order chi connectivity index (χ1) is 19.9. The van der Waals surface area contributed by atoms with E-state index in [-0.39, 0.29) is 30.2 Å². The van der Waals surface area contributed by atoms with Gasteiger partial charge in [0.25, 0.3) is 0 Å². The van der Waals surface area contributed by atoms with E-state index < -0.39 is 17.7 Å². The summed E-state index contributed by atoms with van der Waals surface area (Å²) in [5.41, 5.74) is -0.606. The number of nitrogens with one attached hydrogen (secondary N) is 3. The Balaban J connectivity index is 0. The van der Waals surface area contributed by atoms with Gasteiger partial charge in [0, 0.05) is 26.6 Å². The van der Waals surface area contributed by atoms with Crippen LogP contribution in [0, 0.1) is 17.8 Å². The number of amides is 4. The van der Waals surface area contributed by atoms with Crippen molar-refractivity contribution in [3.05, 3.63) is 12.2 Å². The number of unbranched alkanes of at least 4 members (excludes halogenated alkanes) is 3. The minimum Gasteiger partial charge on any atom is -0.444 e. The fourth-order valence-corrected chi connectivity index (χ4v) is 3.93. The largest absolute Gasteiger partial charge is 0.444 e. The molecule has 11 nitrogen and oxygen atoms in total. The maximum atomic E-state index is 12.0. The van der Waals surface area contributed by atoms with E-state index in [0.717, 1.165) is 18.8 Å². The van der Waals surface area contributed by atoms with E-state index in [4.69, 9.17) is 14.3 Å². The lowest BCUT2D eigenvalue weighted by atomic mass is 10.2. The van der Waals surface area contributed by atoms with Gasteiger partial charge in [-0.3, -0.25) is 14.4 Å². The van der Waals surface area contributed by atoms with Crippen molar-refractivity contribution >= 4 is 37.4 Å². The molecule has 42 heavy (non-hydrogen) atoms. The molecule has 0 radical (unpaired) electrons. The minimum atomic E-state index is -0.637. The molecule has 0 aromatic carbocycles. The third kappa shape index (κ3) is 19.8. The number of rotatable bonds is 9. The Labute approximate surface area is 252 Å². The van der Waals surface area contributed by atoms with E-state index >= 15 is 0 Å². The van der Waals surface area contributed by atoms with Gasteiger partial charge >= 0.3 is 6.09 Å². The molecule has 1 aliphatic heterocycles. The van der Waals surface area contributed by atoms with Gasteiger partial charge in [-0.25, -0.2) is 4.79 Å². The lowest BCUT2D eigenvalue weighted by Gasteiger charge is -2.24. The SMILES string of the molecule is C=O.C=O.CC1CC1.CCCCC/C=C\[C@@H]1C[C@@H]1C(=O)NC.CNC(=O)[C@@H]1CCCN1C(=O)CNC(=O)OC(C)(C)C. The molecule has 3 fully saturated rings. The fourth-order valence-electron chi connectivity index (χ4n) is 3.93. The number of alkyl carbamates (subject to hydrolysis) is 1. The summed E-state index contributed by atoms with van der Waals surface area (Å²) < 4.78 is 5.05. The first kappa shape index (κ1) is 40.9. The zero-order chi connectivity index (χ0) is 32.7. The molecule has 0 bridgehead atoms. The lowest BCUT2D eigenvalue weighted by Crippen LogP contribution is -2.48. The van der Waals surface area contributed by atoms with Crippen molar-refractivity contribution in [1.82, 2.24) is 20.9 Å². The molecule has 242 valence electrons. The second-order valence-electron chi connectivity index (χ2n) is 11.4. The van der Waals surface area contributed by atoms with Crippen LogP contribution >= 0.6 is 0 Å². The van der Waals surface area contributed by atoms with Gasteiger partial charge in [-0.2, -0.15) is 0 Å². The fraction of sp³-hybridized carbons (Fsp3) is 0.742. The van der Waals surface area contributed by atoms with Crippen molar-refractivity contribution in [2.45, 2.75) is 104 Å². The summed E-state index contributed by atoms with van der Waals surface area (Å²) in [6.07, 6.45) is 14.3. The lowest BCUT2D eigenvalue weighted by molar-refractivity contribution is -0.137. The predicted octanol–water partition coefficient (Wildman–Crippen LogP) is 3.80. The summed E-state index contributed by atoms with van der Waals surface area (Å²) in [6.45, 7) is 14.1. The molecule has 3 aliphatic rings. The van der Waals surface area contributed by atoms with Gasteiger partial charge in [0.2, 0.25) is 17.7 Å². The Kier molecular flexibility index (Phi) is 22.7. The van der Waals surface area contributed by atoms with Crippen LogP contribution in [0.1, 0.15) is 92.4 Å². The van der Waals surface area contributed by atoms with Crippen LogP contribution in [-0.4, -0.2) is 81.1 Å². The number of carbonyl (C=O) groups excluding carboxylic acids is 6. The molecule has 0 spiro atoms. The van der Waals surface area contributed by atoms with Gasteiger partial charge in [0.15, 0.2) is 0 Å². The second kappa shape index (κ2) is 23.3. The van der Waals surface area contributed by atoms with E-state index in [2.05, 4.69) is 41.9 Å². The number of ether oxygens (including phenoxy) is 1. The Bertz CT molecular complexity index is 823. The number of hydrogen-bond donors (Lipinski definition) is 3. The third-order valence-electron chi connectivity index (χ3n) is 6.55. The first-order valence-electron chi connectivity index (χ1n) is 14.9. The molecule has 11 heteroatoms. The maximum absolute atomic E-state index is 12.0. The number of carbonyl (C=O) groups is 6. The summed E-state index contributed by atoms with van der Waals surface area (Å²) in [5.74, 6) is 1.63. The summed E-state index contributed by atoms with van der Waals surface area (Å²) >= 11 is 0. The van der Waals surface area contributed by atoms with E-state index in [0.29, 0.717) is 18.9 Å². The zero-order valence-electron chi connectivity index (χ0n) is 27.0. The van der Waals surface area contributed by atoms with Crippen LogP contribution in [0.2, 0.25) is 0 Å². The molecule has 1 heterocycles. The van der Waals surface area contributed by atoms with Crippen LogP contribution < -0.4 is 16.0 Å². The summed E-state index contributed by atoms with van der Waals surface area (Å²) in [5, 5.41) is 7.65. The Morgan fingerprint density at radius 1 is 0.952 bits per heavy atom. The molecule has 4 amide bonds. The van der Waals surface area contributed by atoms with Crippen LogP contribution in [0.4, 0.5) is 4.79 Å². The maximum Gasteiger partial charge on any atom is 0.408 e. The average molecular weight is 597 g/mol. The molecular formula is C31H56N4O7. The molecule has 0 aromatic heterocycles. The topological polar surface area (TPSA) is 151 Å². The normalized spacial score (nSPS) is 20.0. The summed E-state index contributed by atoms with van der Waals surface area (Å²) in [4.78, 5) is 63.8. The van der Waals surface area contributed by atoms with Crippen LogP contribution in [0.15, 0.2) is 12.2 Å². The molecule has 3 N–H and O–H groups in total. The second-order valence-corrected chi connectivity index (χ2v) is 11.4. The molecule has 1 saturated heterocycles. The van der Waals surface area contributed by atoms with E-state index in [9.17, 15) is 19.2 Å². The highest BCUT2D eigenvalue weighted by atomic mass is 16.6. The predicted molar refractivity (Wildman–Crippen MR) is 165 cm³/mol. The zero-order valence-corrected chi connectivity index (χ0v) is 27.0. The van der Waals surface area contributed by atoms with E-state index in [1.54, 1.807) is 34.9 Å². The average Bonchev–Trinajstić information content (AvgIpc) is 3.89. The molecule has 2 aliphatic carbocycles. The van der Waals surface area contributed by atoms with E-state index in [1.807, 2.05) is 13.6 Å². The van der Waals surface area contributed by atoms with Gasteiger partial charge in [-0.05, 0) is 64.7 Å². The summed E-state index contributed by atoms with van der Waals surface area (Å²) in [6, 6.07) is -0.437. The van der Waals surface area contributed by atoms with Crippen molar-refractivity contribution in [3.63, 3.8) is 0 Å². The molecule has 3 atom stereocenters. The Hall–Kier alpha value is -3.24. The van der Waals surface area contributed by atoms with Crippen molar-refractivity contribution in [2.75, 3.05) is 27.2 Å².